The molecular formula is C18H21N3O3. The summed E-state index contributed by atoms with van der Waals surface area (Å²) >= 11 is 0. The van der Waals surface area contributed by atoms with Crippen LogP contribution in [0.4, 0.5) is 10.5 Å². The van der Waals surface area contributed by atoms with E-state index < -0.39 is 6.04 Å². The molecule has 1 aliphatic rings. The second-order valence-corrected chi connectivity index (χ2v) is 5.97. The molecule has 3 rings (SSSR count). The lowest BCUT2D eigenvalue weighted by molar-refractivity contribution is -0.118. The molecule has 6 heteroatoms. The quantitative estimate of drug-likeness (QED) is 0.885. The van der Waals surface area contributed by atoms with Crippen LogP contribution in [0, 0.1) is 0 Å². The third kappa shape index (κ3) is 3.76. The largest absolute Gasteiger partial charge is 0.469 e. The van der Waals surface area contributed by atoms with Gasteiger partial charge in [-0.15, -0.1) is 0 Å². The average Bonchev–Trinajstić information content (AvgIpc) is 3.19. The van der Waals surface area contributed by atoms with E-state index in [0.717, 1.165) is 11.4 Å². The van der Waals surface area contributed by atoms with Crippen LogP contribution in [-0.4, -0.2) is 30.6 Å². The Balaban J connectivity index is 1.51. The van der Waals surface area contributed by atoms with Gasteiger partial charge in [-0.3, -0.25) is 4.79 Å². The van der Waals surface area contributed by atoms with E-state index in [2.05, 4.69) is 10.6 Å². The molecular weight excluding hydrogens is 306 g/mol. The Morgan fingerprint density at radius 3 is 2.79 bits per heavy atom. The summed E-state index contributed by atoms with van der Waals surface area (Å²) in [6.07, 6.45) is 2.82. The van der Waals surface area contributed by atoms with Gasteiger partial charge < -0.3 is 20.0 Å². The molecule has 0 radical (unpaired) electrons. The first kappa shape index (κ1) is 16.1. The maximum atomic E-state index is 12.5. The first-order valence-electron chi connectivity index (χ1n) is 8.09. The van der Waals surface area contributed by atoms with Gasteiger partial charge in [0.25, 0.3) is 0 Å². The predicted octanol–water partition coefficient (Wildman–Crippen LogP) is 2.32. The Morgan fingerprint density at radius 1 is 1.29 bits per heavy atom. The van der Waals surface area contributed by atoms with Gasteiger partial charge in [-0.05, 0) is 37.6 Å². The number of furan rings is 1. The number of rotatable bonds is 5. The number of urea groups is 1. The van der Waals surface area contributed by atoms with E-state index in [-0.39, 0.29) is 18.0 Å². The number of carbonyl (C=O) groups excluding carboxylic acids is 2. The third-order valence-electron chi connectivity index (χ3n) is 4.04. The minimum Gasteiger partial charge on any atom is -0.469 e. The molecule has 0 saturated carbocycles. The molecule has 1 aromatic carbocycles. The molecule has 1 saturated heterocycles. The highest BCUT2D eigenvalue weighted by atomic mass is 16.3. The molecule has 2 aromatic rings. The molecule has 0 bridgehead atoms. The van der Waals surface area contributed by atoms with Crippen LogP contribution in [0.3, 0.4) is 0 Å². The summed E-state index contributed by atoms with van der Waals surface area (Å²) in [6, 6.07) is 12.3. The van der Waals surface area contributed by atoms with Crippen molar-refractivity contribution in [3.8, 4) is 0 Å². The van der Waals surface area contributed by atoms with Crippen LogP contribution in [0.15, 0.2) is 53.1 Å². The van der Waals surface area contributed by atoms with Gasteiger partial charge in [0.15, 0.2) is 0 Å². The van der Waals surface area contributed by atoms with Gasteiger partial charge in [0.2, 0.25) is 5.91 Å². The summed E-state index contributed by atoms with van der Waals surface area (Å²) in [5.41, 5.74) is 0.860. The molecule has 2 atom stereocenters. The standard InChI is InChI=1S/C18H21N3O3/c1-13(12-15-8-5-11-24-15)19-18(23)20-16-9-10-21(17(16)22)14-6-3-2-4-7-14/h2-8,11,13,16H,9-10,12H2,1H3,(H2,19,20,23). The lowest BCUT2D eigenvalue weighted by atomic mass is 10.2. The van der Waals surface area contributed by atoms with Crippen molar-refractivity contribution in [1.29, 1.82) is 0 Å². The van der Waals surface area contributed by atoms with E-state index in [1.54, 1.807) is 11.2 Å². The molecule has 6 nitrogen and oxygen atoms in total. The number of hydrogen-bond donors (Lipinski definition) is 2. The predicted molar refractivity (Wildman–Crippen MR) is 90.7 cm³/mol. The third-order valence-corrected chi connectivity index (χ3v) is 4.04. The van der Waals surface area contributed by atoms with E-state index in [1.165, 1.54) is 0 Å². The number of anilines is 1. The minimum absolute atomic E-state index is 0.0740. The molecule has 1 aromatic heterocycles. The summed E-state index contributed by atoms with van der Waals surface area (Å²) < 4.78 is 5.27. The Hall–Kier alpha value is -2.76. The number of hydrogen-bond acceptors (Lipinski definition) is 3. The summed E-state index contributed by atoms with van der Waals surface area (Å²) in [6.45, 7) is 2.50. The summed E-state index contributed by atoms with van der Waals surface area (Å²) in [5, 5.41) is 5.61. The van der Waals surface area contributed by atoms with E-state index in [9.17, 15) is 9.59 Å². The minimum atomic E-state index is -0.485. The zero-order valence-corrected chi connectivity index (χ0v) is 13.6. The summed E-state index contributed by atoms with van der Waals surface area (Å²) in [4.78, 5) is 26.3. The maximum Gasteiger partial charge on any atom is 0.315 e. The average molecular weight is 327 g/mol. The number of para-hydroxylation sites is 1. The molecule has 126 valence electrons. The fourth-order valence-electron chi connectivity index (χ4n) is 2.88. The smallest absolute Gasteiger partial charge is 0.315 e. The highest BCUT2D eigenvalue weighted by Crippen LogP contribution is 2.20. The summed E-state index contributed by atoms with van der Waals surface area (Å²) in [5.74, 6) is 0.741. The van der Waals surface area contributed by atoms with Crippen molar-refractivity contribution in [1.82, 2.24) is 10.6 Å². The molecule has 1 aliphatic heterocycles. The Morgan fingerprint density at radius 2 is 2.08 bits per heavy atom. The molecule has 2 heterocycles. The highest BCUT2D eigenvalue weighted by molar-refractivity contribution is 6.01. The second-order valence-electron chi connectivity index (χ2n) is 5.97. The van der Waals surface area contributed by atoms with Crippen molar-refractivity contribution in [2.45, 2.75) is 31.8 Å². The van der Waals surface area contributed by atoms with E-state index in [4.69, 9.17) is 4.42 Å². The first-order valence-corrected chi connectivity index (χ1v) is 8.09. The Bertz CT molecular complexity index is 685. The van der Waals surface area contributed by atoms with E-state index >= 15 is 0 Å². The topological polar surface area (TPSA) is 74.6 Å². The second kappa shape index (κ2) is 7.21. The van der Waals surface area contributed by atoms with Gasteiger partial charge in [-0.1, -0.05) is 18.2 Å². The maximum absolute atomic E-state index is 12.5. The van der Waals surface area contributed by atoms with Gasteiger partial charge in [0.1, 0.15) is 11.8 Å². The van der Waals surface area contributed by atoms with Crippen molar-refractivity contribution in [3.05, 3.63) is 54.5 Å². The van der Waals surface area contributed by atoms with Crippen LogP contribution >= 0.6 is 0 Å². The van der Waals surface area contributed by atoms with Crippen molar-refractivity contribution in [3.63, 3.8) is 0 Å². The van der Waals surface area contributed by atoms with Crippen molar-refractivity contribution in [2.24, 2.45) is 0 Å². The van der Waals surface area contributed by atoms with Crippen molar-refractivity contribution in [2.75, 3.05) is 11.4 Å². The monoisotopic (exact) mass is 327 g/mol. The molecule has 2 unspecified atom stereocenters. The SMILES string of the molecule is CC(Cc1ccco1)NC(=O)NC1CCN(c2ccccc2)C1=O. The highest BCUT2D eigenvalue weighted by Gasteiger charge is 2.33. The van der Waals surface area contributed by atoms with Crippen molar-refractivity contribution < 1.29 is 14.0 Å². The molecule has 2 N–H and O–H groups in total. The van der Waals surface area contributed by atoms with E-state index in [1.807, 2.05) is 49.4 Å². The Kier molecular flexibility index (Phi) is 4.84. The first-order chi connectivity index (χ1) is 11.6. The number of carbonyl (C=O) groups is 2. The van der Waals surface area contributed by atoms with Crippen LogP contribution in [0.25, 0.3) is 0 Å². The normalized spacial score (nSPS) is 18.5. The number of nitrogens with one attached hydrogen (secondary N) is 2. The lowest BCUT2D eigenvalue weighted by Gasteiger charge is -2.18. The number of benzene rings is 1. The van der Waals surface area contributed by atoms with Crippen LogP contribution in [0.2, 0.25) is 0 Å². The van der Waals surface area contributed by atoms with Gasteiger partial charge in [0.05, 0.1) is 6.26 Å². The zero-order chi connectivity index (χ0) is 16.9. The van der Waals surface area contributed by atoms with Crippen LogP contribution in [0.5, 0.6) is 0 Å². The zero-order valence-electron chi connectivity index (χ0n) is 13.6. The van der Waals surface area contributed by atoms with Gasteiger partial charge in [0, 0.05) is 24.7 Å². The van der Waals surface area contributed by atoms with Crippen LogP contribution < -0.4 is 15.5 Å². The van der Waals surface area contributed by atoms with Gasteiger partial charge in [-0.2, -0.15) is 0 Å². The molecule has 1 fully saturated rings. The van der Waals surface area contributed by atoms with E-state index in [0.29, 0.717) is 19.4 Å². The number of amides is 3. The van der Waals surface area contributed by atoms with Crippen LogP contribution in [0.1, 0.15) is 19.1 Å². The van der Waals surface area contributed by atoms with Gasteiger partial charge in [-0.25, -0.2) is 4.79 Å². The lowest BCUT2D eigenvalue weighted by Crippen LogP contribution is -2.48. The summed E-state index contributed by atoms with van der Waals surface area (Å²) in [7, 11) is 0. The molecule has 0 spiro atoms. The fourth-order valence-corrected chi connectivity index (χ4v) is 2.88. The molecule has 24 heavy (non-hydrogen) atoms. The fraction of sp³-hybridized carbons (Fsp3) is 0.333. The Labute approximate surface area is 140 Å². The number of nitrogens with zero attached hydrogens (tertiary/aromatic N) is 1. The molecule has 0 aliphatic carbocycles. The van der Waals surface area contributed by atoms with Crippen molar-refractivity contribution >= 4 is 17.6 Å². The van der Waals surface area contributed by atoms with Gasteiger partial charge >= 0.3 is 6.03 Å². The molecule has 3 amide bonds. The van der Waals surface area contributed by atoms with Crippen LogP contribution in [-0.2, 0) is 11.2 Å².